The minimum atomic E-state index is -0.863. The van der Waals surface area contributed by atoms with Crippen LogP contribution >= 0.6 is 27.5 Å². The molecule has 0 bridgehead atoms. The van der Waals surface area contributed by atoms with Gasteiger partial charge in [0, 0.05) is 11.6 Å². The van der Waals surface area contributed by atoms with E-state index in [2.05, 4.69) is 15.9 Å². The molecule has 1 aromatic carbocycles. The number of nitrogens with zero attached hydrogens (tertiary/aromatic N) is 1. The van der Waals surface area contributed by atoms with Gasteiger partial charge in [0.25, 0.3) is 5.69 Å². The van der Waals surface area contributed by atoms with Crippen LogP contribution in [0.3, 0.4) is 0 Å². The Kier molecular flexibility index (Phi) is 3.76. The van der Waals surface area contributed by atoms with Crippen LogP contribution in [0.1, 0.15) is 10.4 Å². The van der Waals surface area contributed by atoms with E-state index in [1.165, 1.54) is 0 Å². The van der Waals surface area contributed by atoms with Crippen molar-refractivity contribution < 1.29 is 14.1 Å². The van der Waals surface area contributed by atoms with Gasteiger partial charge in [0.2, 0.25) is 0 Å². The Labute approximate surface area is 97.3 Å². The van der Waals surface area contributed by atoms with Gasteiger partial charge in [-0.3, -0.25) is 14.9 Å². The number of Topliss-reactive ketones (excluding diaryl/α,β-unsaturated/α-hetero) is 1. The highest BCUT2D eigenvalue weighted by Crippen LogP contribution is 2.29. The third kappa shape index (κ3) is 2.51. The van der Waals surface area contributed by atoms with Gasteiger partial charge in [0.05, 0.1) is 10.8 Å². The maximum atomic E-state index is 13.2. The van der Waals surface area contributed by atoms with Crippen LogP contribution < -0.4 is 0 Å². The Morgan fingerprint density at radius 2 is 2.20 bits per heavy atom. The van der Waals surface area contributed by atoms with Crippen molar-refractivity contribution in [1.82, 2.24) is 0 Å². The number of hydrogen-bond acceptors (Lipinski definition) is 3. The summed E-state index contributed by atoms with van der Waals surface area (Å²) in [6.07, 6.45) is 0. The number of halogens is 3. The van der Waals surface area contributed by atoms with Gasteiger partial charge in [-0.15, -0.1) is 11.6 Å². The summed E-state index contributed by atoms with van der Waals surface area (Å²) in [6, 6.07) is 1.89. The summed E-state index contributed by atoms with van der Waals surface area (Å²) in [7, 11) is 0. The van der Waals surface area contributed by atoms with E-state index in [-0.39, 0.29) is 15.9 Å². The number of nitro benzene ring substituents is 1. The van der Waals surface area contributed by atoms with E-state index in [1.54, 1.807) is 0 Å². The molecule has 0 heterocycles. The molecule has 0 unspecified atom stereocenters. The third-order valence-corrected chi connectivity index (χ3v) is 2.68. The number of hydrogen-bond donors (Lipinski definition) is 0. The van der Waals surface area contributed by atoms with Gasteiger partial charge < -0.3 is 0 Å². The summed E-state index contributed by atoms with van der Waals surface area (Å²) >= 11 is 7.98. The van der Waals surface area contributed by atoms with Crippen LogP contribution in [0.15, 0.2) is 16.6 Å². The van der Waals surface area contributed by atoms with Gasteiger partial charge in [-0.2, -0.15) is 0 Å². The number of benzene rings is 1. The molecular weight excluding hydrogens is 292 g/mol. The molecule has 7 heteroatoms. The smallest absolute Gasteiger partial charge is 0.287 e. The fraction of sp³-hybridized carbons (Fsp3) is 0.125. The number of carbonyl (C=O) groups is 1. The Morgan fingerprint density at radius 3 is 2.67 bits per heavy atom. The second kappa shape index (κ2) is 4.67. The number of ketones is 1. The molecule has 4 nitrogen and oxygen atoms in total. The molecule has 0 fully saturated rings. The molecular formula is C8H4BrClFNO3. The molecule has 0 aliphatic carbocycles. The van der Waals surface area contributed by atoms with Crippen molar-refractivity contribution in [2.75, 3.05) is 5.88 Å². The molecule has 0 N–H and O–H groups in total. The molecule has 0 spiro atoms. The minimum absolute atomic E-state index is 0.114. The van der Waals surface area contributed by atoms with Crippen LogP contribution in [0.2, 0.25) is 0 Å². The summed E-state index contributed by atoms with van der Waals surface area (Å²) in [4.78, 5) is 20.8. The standard InChI is InChI=1S/C8H4BrClFNO3/c9-8-5(11)1-4(7(13)3-10)2-6(8)12(14)15/h1-2H,3H2. The van der Waals surface area contributed by atoms with E-state index in [9.17, 15) is 19.3 Å². The molecule has 0 radical (unpaired) electrons. The minimum Gasteiger partial charge on any atom is -0.293 e. The van der Waals surface area contributed by atoms with Gasteiger partial charge in [-0.25, -0.2) is 4.39 Å². The van der Waals surface area contributed by atoms with E-state index in [4.69, 9.17) is 11.6 Å². The SMILES string of the molecule is O=C(CCl)c1cc(F)c(Br)c([N+](=O)[O-])c1. The average molecular weight is 296 g/mol. The fourth-order valence-corrected chi connectivity index (χ4v) is 1.47. The molecule has 0 saturated carbocycles. The first-order valence-electron chi connectivity index (χ1n) is 3.70. The molecule has 0 aromatic heterocycles. The van der Waals surface area contributed by atoms with Crippen molar-refractivity contribution in [1.29, 1.82) is 0 Å². The van der Waals surface area contributed by atoms with Crippen molar-refractivity contribution in [2.45, 2.75) is 0 Å². The van der Waals surface area contributed by atoms with E-state index in [1.807, 2.05) is 0 Å². The molecule has 0 amide bonds. The second-order valence-electron chi connectivity index (χ2n) is 2.61. The highest BCUT2D eigenvalue weighted by molar-refractivity contribution is 9.10. The highest BCUT2D eigenvalue weighted by Gasteiger charge is 2.20. The number of nitro groups is 1. The van der Waals surface area contributed by atoms with Crippen molar-refractivity contribution in [2.24, 2.45) is 0 Å². The lowest BCUT2D eigenvalue weighted by atomic mass is 10.1. The first-order valence-corrected chi connectivity index (χ1v) is 5.02. The average Bonchev–Trinajstić information content (AvgIpc) is 2.20. The molecule has 80 valence electrons. The first kappa shape index (κ1) is 12.1. The maximum Gasteiger partial charge on any atom is 0.287 e. The van der Waals surface area contributed by atoms with E-state index >= 15 is 0 Å². The zero-order valence-corrected chi connectivity index (χ0v) is 9.51. The Bertz CT molecular complexity index is 438. The van der Waals surface area contributed by atoms with Crippen LogP contribution in [0, 0.1) is 15.9 Å². The fourth-order valence-electron chi connectivity index (χ4n) is 0.946. The monoisotopic (exact) mass is 295 g/mol. The summed E-state index contributed by atoms with van der Waals surface area (Å²) in [5.41, 5.74) is -0.610. The summed E-state index contributed by atoms with van der Waals surface area (Å²) in [5.74, 6) is -1.78. The number of alkyl halides is 1. The molecule has 1 rings (SSSR count). The molecule has 0 atom stereocenters. The van der Waals surface area contributed by atoms with Crippen LogP contribution in [0.5, 0.6) is 0 Å². The van der Waals surface area contributed by atoms with Crippen LogP contribution in [0.4, 0.5) is 10.1 Å². The third-order valence-electron chi connectivity index (χ3n) is 1.65. The molecule has 0 aliphatic rings. The van der Waals surface area contributed by atoms with Gasteiger partial charge in [0.15, 0.2) is 5.78 Å². The topological polar surface area (TPSA) is 60.2 Å². The van der Waals surface area contributed by atoms with Crippen molar-refractivity contribution in [3.8, 4) is 0 Å². The largest absolute Gasteiger partial charge is 0.293 e. The number of rotatable bonds is 3. The summed E-state index contributed by atoms with van der Waals surface area (Å²) in [6.45, 7) is 0. The van der Waals surface area contributed by atoms with Crippen molar-refractivity contribution in [3.63, 3.8) is 0 Å². The Balaban J connectivity index is 3.35. The highest BCUT2D eigenvalue weighted by atomic mass is 79.9. The number of carbonyl (C=O) groups excluding carboxylic acids is 1. The molecule has 0 saturated heterocycles. The van der Waals surface area contributed by atoms with E-state index in [0.29, 0.717) is 0 Å². The van der Waals surface area contributed by atoms with Crippen LogP contribution in [-0.2, 0) is 0 Å². The van der Waals surface area contributed by atoms with Crippen LogP contribution in [-0.4, -0.2) is 16.6 Å². The Hall–Kier alpha value is -1.01. The summed E-state index contributed by atoms with van der Waals surface area (Å²) in [5, 5.41) is 10.5. The quantitative estimate of drug-likeness (QED) is 0.373. The Morgan fingerprint density at radius 1 is 1.60 bits per heavy atom. The van der Waals surface area contributed by atoms with E-state index < -0.39 is 22.2 Å². The van der Waals surface area contributed by atoms with Gasteiger partial charge in [-0.1, -0.05) is 0 Å². The van der Waals surface area contributed by atoms with Gasteiger partial charge in [-0.05, 0) is 22.0 Å². The molecule has 0 aliphatic heterocycles. The lowest BCUT2D eigenvalue weighted by molar-refractivity contribution is -0.385. The first-order chi connectivity index (χ1) is 6.97. The van der Waals surface area contributed by atoms with E-state index in [0.717, 1.165) is 12.1 Å². The summed E-state index contributed by atoms with van der Waals surface area (Å²) < 4.78 is 12.9. The lowest BCUT2D eigenvalue weighted by Crippen LogP contribution is -2.03. The molecule has 1 aromatic rings. The lowest BCUT2D eigenvalue weighted by Gasteiger charge is -2.01. The predicted octanol–water partition coefficient (Wildman–Crippen LogP) is 2.92. The van der Waals surface area contributed by atoms with Gasteiger partial charge in [0.1, 0.15) is 10.3 Å². The maximum absolute atomic E-state index is 13.2. The molecule has 15 heavy (non-hydrogen) atoms. The predicted molar refractivity (Wildman–Crippen MR) is 55.8 cm³/mol. The normalized spacial score (nSPS) is 10.1. The van der Waals surface area contributed by atoms with Gasteiger partial charge >= 0.3 is 0 Å². The zero-order chi connectivity index (χ0) is 11.6. The van der Waals surface area contributed by atoms with Crippen molar-refractivity contribution >= 4 is 39.0 Å². The van der Waals surface area contributed by atoms with Crippen molar-refractivity contribution in [3.05, 3.63) is 38.1 Å². The van der Waals surface area contributed by atoms with Crippen LogP contribution in [0.25, 0.3) is 0 Å². The zero-order valence-electron chi connectivity index (χ0n) is 7.17. The second-order valence-corrected chi connectivity index (χ2v) is 3.67.